The van der Waals surface area contributed by atoms with E-state index in [4.69, 9.17) is 21.3 Å². The minimum Gasteiger partial charge on any atom is -0.368 e. The highest BCUT2D eigenvalue weighted by Crippen LogP contribution is 2.49. The summed E-state index contributed by atoms with van der Waals surface area (Å²) in [6, 6.07) is 13.6. The number of carbonyl (C=O) groups excluding carboxylic acids is 1. The maximum atomic E-state index is 13.1. The standard InChI is InChI=1S/C23H23ClN4O2S/c1-14-12-25-23(31-14)27-21-4-2-3-19(26-21)20-13-28(9-10-30-20)22(29)18-11-17(18)15-5-7-16(24)8-6-15/h2-8,12,17-18,20H,9-11,13H2,1H3,(H,25,26,27). The van der Waals surface area contributed by atoms with E-state index < -0.39 is 0 Å². The Morgan fingerprint density at radius 2 is 2.10 bits per heavy atom. The van der Waals surface area contributed by atoms with Gasteiger partial charge in [0, 0.05) is 28.6 Å². The van der Waals surface area contributed by atoms with E-state index in [-0.39, 0.29) is 17.9 Å². The number of amides is 1. The van der Waals surface area contributed by atoms with Crippen molar-refractivity contribution in [1.29, 1.82) is 0 Å². The molecule has 0 spiro atoms. The molecule has 3 aromatic rings. The van der Waals surface area contributed by atoms with Crippen LogP contribution in [-0.2, 0) is 9.53 Å². The Labute approximate surface area is 190 Å². The van der Waals surface area contributed by atoms with Crippen molar-refractivity contribution in [1.82, 2.24) is 14.9 Å². The number of benzene rings is 1. The molecule has 5 rings (SSSR count). The zero-order valence-corrected chi connectivity index (χ0v) is 18.7. The normalized spacial score (nSPS) is 22.9. The fraction of sp³-hybridized carbons (Fsp3) is 0.348. The lowest BCUT2D eigenvalue weighted by atomic mass is 10.1. The molecule has 2 aromatic heterocycles. The Kier molecular flexibility index (Phi) is 5.65. The maximum Gasteiger partial charge on any atom is 0.226 e. The van der Waals surface area contributed by atoms with Gasteiger partial charge in [-0.2, -0.15) is 0 Å². The van der Waals surface area contributed by atoms with E-state index in [1.165, 1.54) is 5.56 Å². The first-order valence-electron chi connectivity index (χ1n) is 10.4. The summed E-state index contributed by atoms with van der Waals surface area (Å²) in [5, 5.41) is 4.78. The van der Waals surface area contributed by atoms with Crippen LogP contribution in [0.4, 0.5) is 10.9 Å². The number of hydrogen-bond acceptors (Lipinski definition) is 6. The highest BCUT2D eigenvalue weighted by Gasteiger charge is 2.46. The van der Waals surface area contributed by atoms with Crippen LogP contribution in [0.15, 0.2) is 48.7 Å². The third kappa shape index (κ3) is 4.59. The summed E-state index contributed by atoms with van der Waals surface area (Å²) in [4.78, 5) is 25.2. The van der Waals surface area contributed by atoms with Crippen LogP contribution in [0, 0.1) is 12.8 Å². The van der Waals surface area contributed by atoms with Crippen LogP contribution in [-0.4, -0.2) is 40.5 Å². The summed E-state index contributed by atoms with van der Waals surface area (Å²) in [6.07, 6.45) is 2.50. The number of carbonyl (C=O) groups is 1. The van der Waals surface area contributed by atoms with Gasteiger partial charge in [0.15, 0.2) is 5.13 Å². The number of rotatable bonds is 5. The van der Waals surface area contributed by atoms with Crippen LogP contribution in [0.3, 0.4) is 0 Å². The number of morpholine rings is 1. The van der Waals surface area contributed by atoms with E-state index in [1.54, 1.807) is 11.3 Å². The molecule has 1 amide bonds. The van der Waals surface area contributed by atoms with Gasteiger partial charge in [-0.15, -0.1) is 11.3 Å². The Morgan fingerprint density at radius 3 is 2.87 bits per heavy atom. The Bertz CT molecular complexity index is 1090. The number of aromatic nitrogens is 2. The minimum absolute atomic E-state index is 0.0500. The van der Waals surface area contributed by atoms with E-state index in [0.717, 1.165) is 33.0 Å². The van der Waals surface area contributed by atoms with Crippen molar-refractivity contribution in [3.8, 4) is 0 Å². The van der Waals surface area contributed by atoms with Crippen molar-refractivity contribution in [2.24, 2.45) is 5.92 Å². The predicted octanol–water partition coefficient (Wildman–Crippen LogP) is 4.95. The molecule has 3 unspecified atom stereocenters. The van der Waals surface area contributed by atoms with Crippen LogP contribution in [0.25, 0.3) is 0 Å². The number of nitrogens with zero attached hydrogens (tertiary/aromatic N) is 3. The van der Waals surface area contributed by atoms with Gasteiger partial charge in [0.05, 0.1) is 18.8 Å². The third-order valence-electron chi connectivity index (χ3n) is 5.74. The Hall–Kier alpha value is -2.48. The fourth-order valence-corrected chi connectivity index (χ4v) is 4.83. The van der Waals surface area contributed by atoms with Gasteiger partial charge in [-0.1, -0.05) is 29.8 Å². The van der Waals surface area contributed by atoms with Crippen LogP contribution >= 0.6 is 22.9 Å². The molecule has 1 aliphatic carbocycles. The number of aryl methyl sites for hydroxylation is 1. The molecule has 0 bridgehead atoms. The highest BCUT2D eigenvalue weighted by atomic mass is 35.5. The zero-order valence-electron chi connectivity index (χ0n) is 17.1. The van der Waals surface area contributed by atoms with Crippen molar-refractivity contribution in [3.63, 3.8) is 0 Å². The average molecular weight is 455 g/mol. The van der Waals surface area contributed by atoms with Gasteiger partial charge in [0.2, 0.25) is 5.91 Å². The molecule has 1 aliphatic heterocycles. The third-order valence-corrected chi connectivity index (χ3v) is 6.82. The van der Waals surface area contributed by atoms with Gasteiger partial charge >= 0.3 is 0 Å². The molecule has 1 saturated carbocycles. The molecule has 2 aliphatic rings. The topological polar surface area (TPSA) is 67.4 Å². The largest absolute Gasteiger partial charge is 0.368 e. The molecule has 1 aromatic carbocycles. The van der Waals surface area contributed by atoms with Gasteiger partial charge in [0.1, 0.15) is 11.9 Å². The lowest BCUT2D eigenvalue weighted by Gasteiger charge is -2.33. The number of ether oxygens (including phenoxy) is 1. The molecular formula is C23H23ClN4O2S. The van der Waals surface area contributed by atoms with Gasteiger partial charge in [-0.25, -0.2) is 9.97 Å². The number of nitrogens with one attached hydrogen (secondary N) is 1. The summed E-state index contributed by atoms with van der Waals surface area (Å²) in [5.74, 6) is 1.28. The van der Waals surface area contributed by atoms with Crippen molar-refractivity contribution in [3.05, 3.63) is 69.8 Å². The van der Waals surface area contributed by atoms with E-state index in [9.17, 15) is 4.79 Å². The number of anilines is 2. The summed E-state index contributed by atoms with van der Waals surface area (Å²) < 4.78 is 5.97. The molecule has 1 saturated heterocycles. The quantitative estimate of drug-likeness (QED) is 0.591. The highest BCUT2D eigenvalue weighted by molar-refractivity contribution is 7.15. The molecule has 1 N–H and O–H groups in total. The number of thiazole rings is 1. The summed E-state index contributed by atoms with van der Waals surface area (Å²) in [6.45, 7) is 3.68. The second-order valence-corrected chi connectivity index (χ2v) is 9.66. The van der Waals surface area contributed by atoms with Gasteiger partial charge < -0.3 is 15.0 Å². The Balaban J connectivity index is 1.24. The number of halogens is 1. The molecule has 160 valence electrons. The molecule has 0 radical (unpaired) electrons. The van der Waals surface area contributed by atoms with Crippen molar-refractivity contribution < 1.29 is 9.53 Å². The van der Waals surface area contributed by atoms with E-state index in [2.05, 4.69) is 10.3 Å². The smallest absolute Gasteiger partial charge is 0.226 e. The van der Waals surface area contributed by atoms with E-state index in [1.807, 2.05) is 60.5 Å². The molecular weight excluding hydrogens is 432 g/mol. The first-order valence-corrected chi connectivity index (χ1v) is 11.6. The Morgan fingerprint density at radius 1 is 1.26 bits per heavy atom. The van der Waals surface area contributed by atoms with Gasteiger partial charge in [-0.3, -0.25) is 4.79 Å². The van der Waals surface area contributed by atoms with Gasteiger partial charge in [-0.05, 0) is 49.1 Å². The lowest BCUT2D eigenvalue weighted by molar-refractivity contribution is -0.140. The molecule has 31 heavy (non-hydrogen) atoms. The summed E-state index contributed by atoms with van der Waals surface area (Å²) in [7, 11) is 0. The summed E-state index contributed by atoms with van der Waals surface area (Å²) >= 11 is 7.57. The second kappa shape index (κ2) is 8.57. The molecule has 2 fully saturated rings. The van der Waals surface area contributed by atoms with Crippen LogP contribution in [0.5, 0.6) is 0 Å². The van der Waals surface area contributed by atoms with Crippen molar-refractivity contribution in [2.45, 2.75) is 25.4 Å². The molecule has 3 atom stereocenters. The van der Waals surface area contributed by atoms with Crippen LogP contribution in [0.1, 0.15) is 34.6 Å². The van der Waals surface area contributed by atoms with E-state index in [0.29, 0.717) is 25.6 Å². The zero-order chi connectivity index (χ0) is 21.4. The first-order chi connectivity index (χ1) is 15.1. The van der Waals surface area contributed by atoms with Gasteiger partial charge in [0.25, 0.3) is 0 Å². The van der Waals surface area contributed by atoms with Crippen molar-refractivity contribution >= 4 is 39.8 Å². The second-order valence-electron chi connectivity index (χ2n) is 7.99. The average Bonchev–Trinajstić information content (AvgIpc) is 3.49. The maximum absolute atomic E-state index is 13.1. The van der Waals surface area contributed by atoms with E-state index >= 15 is 0 Å². The molecule has 6 nitrogen and oxygen atoms in total. The van der Waals surface area contributed by atoms with Crippen LogP contribution < -0.4 is 5.32 Å². The predicted molar refractivity (Wildman–Crippen MR) is 122 cm³/mol. The first kappa shape index (κ1) is 20.4. The fourth-order valence-electron chi connectivity index (χ4n) is 4.03. The SMILES string of the molecule is Cc1cnc(Nc2cccc(C3CN(C(=O)C4CC4c4ccc(Cl)cc4)CCO3)n2)s1. The molecule has 3 heterocycles. The summed E-state index contributed by atoms with van der Waals surface area (Å²) in [5.41, 5.74) is 2.01. The molecule has 8 heteroatoms. The number of hydrogen-bond donors (Lipinski definition) is 1. The monoisotopic (exact) mass is 454 g/mol. The minimum atomic E-state index is -0.231. The van der Waals surface area contributed by atoms with Crippen molar-refractivity contribution in [2.75, 3.05) is 25.0 Å². The van der Waals surface area contributed by atoms with Crippen LogP contribution in [0.2, 0.25) is 5.02 Å². The number of pyridine rings is 1. The lowest BCUT2D eigenvalue weighted by Crippen LogP contribution is -2.43.